The lowest BCUT2D eigenvalue weighted by Crippen LogP contribution is -2.66. The van der Waals surface area contributed by atoms with Crippen molar-refractivity contribution in [2.24, 2.45) is 0 Å². The first kappa shape index (κ1) is 91.7. The Morgan fingerprint density at radius 1 is 0.354 bits per heavy atom. The number of rotatable bonds is 67. The van der Waals surface area contributed by atoms with Gasteiger partial charge in [0.05, 0.1) is 38.6 Å². The Morgan fingerprint density at radius 2 is 0.626 bits per heavy atom. The van der Waals surface area contributed by atoms with E-state index in [0.29, 0.717) is 6.42 Å². The molecule has 99 heavy (non-hydrogen) atoms. The number of ether oxygens (including phenoxy) is 6. The minimum atomic E-state index is -1.98. The average Bonchev–Trinajstić information content (AvgIpc) is 0.781. The fraction of sp³-hybridized carbons (Fsp3) is 0.963. The number of amides is 1. The second-order valence-electron chi connectivity index (χ2n) is 30.0. The first-order chi connectivity index (χ1) is 48.3. The molecule has 0 radical (unpaired) electrons. The number of aliphatic hydroxyl groups is 11. The molecule has 17 unspecified atom stereocenters. The maximum atomic E-state index is 13.5. The number of carbonyl (C=O) groups excluding carboxylic acids is 1. The van der Waals surface area contributed by atoms with Crippen LogP contribution in [0.15, 0.2) is 12.2 Å². The highest BCUT2D eigenvalue weighted by molar-refractivity contribution is 5.76. The number of unbranched alkanes of at least 4 members (excludes halogenated alkanes) is 51. The fourth-order valence-corrected chi connectivity index (χ4v) is 14.4. The maximum Gasteiger partial charge on any atom is 0.220 e. The molecule has 0 spiro atoms. The van der Waals surface area contributed by atoms with Gasteiger partial charge in [0.2, 0.25) is 5.91 Å². The first-order valence-corrected chi connectivity index (χ1v) is 41.4. The Balaban J connectivity index is 1.37. The van der Waals surface area contributed by atoms with Gasteiger partial charge in [-0.1, -0.05) is 347 Å². The van der Waals surface area contributed by atoms with Crippen LogP contribution in [-0.4, -0.2) is 193 Å². The number of hydrogen-bond acceptors (Lipinski definition) is 18. The Kier molecular flexibility index (Phi) is 57.1. The lowest BCUT2D eigenvalue weighted by atomic mass is 9.96. The highest BCUT2D eigenvalue weighted by atomic mass is 16.8. The second-order valence-corrected chi connectivity index (χ2v) is 30.0. The summed E-state index contributed by atoms with van der Waals surface area (Å²) in [5.74, 6) is -0.266. The van der Waals surface area contributed by atoms with Crippen molar-refractivity contribution in [3.63, 3.8) is 0 Å². The molecular formula is C80H153NO18. The highest BCUT2D eigenvalue weighted by Crippen LogP contribution is 2.33. The molecule has 3 aliphatic rings. The minimum absolute atomic E-state index is 0.250. The molecule has 12 N–H and O–H groups in total. The van der Waals surface area contributed by atoms with Gasteiger partial charge in [-0.15, -0.1) is 0 Å². The highest BCUT2D eigenvalue weighted by Gasteiger charge is 2.54. The number of aliphatic hydroxyl groups excluding tert-OH is 11. The van der Waals surface area contributed by atoms with Crippen molar-refractivity contribution >= 4 is 5.91 Å². The van der Waals surface area contributed by atoms with E-state index >= 15 is 0 Å². The maximum absolute atomic E-state index is 13.5. The number of carbonyl (C=O) groups is 1. The molecule has 19 nitrogen and oxygen atoms in total. The Bertz CT molecular complexity index is 1840. The van der Waals surface area contributed by atoms with Crippen LogP contribution in [0.1, 0.15) is 361 Å². The summed E-state index contributed by atoms with van der Waals surface area (Å²) in [6.07, 6.45) is 46.3. The zero-order valence-electron chi connectivity index (χ0n) is 62.8. The second kappa shape index (κ2) is 61.7. The molecule has 19 heteroatoms. The summed E-state index contributed by atoms with van der Waals surface area (Å²) in [7, 11) is 0. The van der Waals surface area contributed by atoms with Gasteiger partial charge in [0.15, 0.2) is 18.9 Å². The van der Waals surface area contributed by atoms with Gasteiger partial charge in [-0.3, -0.25) is 4.79 Å². The number of nitrogens with one attached hydrogen (secondary N) is 1. The molecule has 3 fully saturated rings. The molecule has 0 aliphatic carbocycles. The third-order valence-electron chi connectivity index (χ3n) is 21.1. The van der Waals surface area contributed by atoms with Gasteiger partial charge in [-0.2, -0.15) is 0 Å². The van der Waals surface area contributed by atoms with Crippen molar-refractivity contribution in [2.75, 3.05) is 26.4 Å². The predicted octanol–water partition coefficient (Wildman–Crippen LogP) is 14.0. The van der Waals surface area contributed by atoms with E-state index < -0.39 is 124 Å². The van der Waals surface area contributed by atoms with Crippen LogP contribution in [0.25, 0.3) is 0 Å². The summed E-state index contributed by atoms with van der Waals surface area (Å²) >= 11 is 0. The van der Waals surface area contributed by atoms with Crippen LogP contribution in [0.4, 0.5) is 0 Å². The lowest BCUT2D eigenvalue weighted by Gasteiger charge is -2.48. The normalized spacial score (nSPS) is 26.6. The zero-order valence-corrected chi connectivity index (χ0v) is 62.8. The monoisotopic (exact) mass is 1420 g/mol. The van der Waals surface area contributed by atoms with E-state index in [9.17, 15) is 61.0 Å². The molecule has 0 saturated carbocycles. The van der Waals surface area contributed by atoms with E-state index in [0.717, 1.165) is 44.9 Å². The Morgan fingerprint density at radius 3 is 0.949 bits per heavy atom. The molecule has 586 valence electrons. The van der Waals surface area contributed by atoms with Crippen LogP contribution in [0.2, 0.25) is 0 Å². The predicted molar refractivity (Wildman–Crippen MR) is 393 cm³/mol. The summed E-state index contributed by atoms with van der Waals surface area (Å²) in [5, 5.41) is 121. The van der Waals surface area contributed by atoms with Gasteiger partial charge in [0.1, 0.15) is 73.2 Å². The number of hydrogen-bond donors (Lipinski definition) is 12. The topological polar surface area (TPSA) is 307 Å². The summed E-state index contributed by atoms with van der Waals surface area (Å²) < 4.78 is 34.5. The molecule has 0 bridgehead atoms. The van der Waals surface area contributed by atoms with Crippen molar-refractivity contribution in [3.05, 3.63) is 12.2 Å². The summed E-state index contributed by atoms with van der Waals surface area (Å²) in [4.78, 5) is 13.5. The smallest absolute Gasteiger partial charge is 0.220 e. The van der Waals surface area contributed by atoms with Crippen LogP contribution in [0.3, 0.4) is 0 Å². The van der Waals surface area contributed by atoms with Crippen molar-refractivity contribution < 1.29 is 89.4 Å². The van der Waals surface area contributed by atoms with Crippen molar-refractivity contribution in [1.82, 2.24) is 5.32 Å². The summed E-state index contributed by atoms with van der Waals surface area (Å²) in [5.41, 5.74) is 0. The molecule has 0 aromatic carbocycles. The third kappa shape index (κ3) is 41.9. The SMILES string of the molecule is CCCCCCCCCCCCCCCCCCCCCCCCCCCCCC/C=C/C(O)C(COC1OC(CO)C(OC2OC(CO)C(OC3OC(CO)C(O)C(O)C3O)C(O)C2O)C(O)C1O)NC(=O)CCCCCCCCCCCCCCCCCCCCCCCCCC. The molecule has 1 amide bonds. The molecule has 3 heterocycles. The van der Waals surface area contributed by atoms with Crippen LogP contribution in [0, 0.1) is 0 Å². The van der Waals surface area contributed by atoms with Gasteiger partial charge >= 0.3 is 0 Å². The first-order valence-electron chi connectivity index (χ1n) is 41.4. The Hall–Kier alpha value is -1.47. The molecule has 17 atom stereocenters. The zero-order chi connectivity index (χ0) is 71.8. The molecular weight excluding hydrogens is 1260 g/mol. The van der Waals surface area contributed by atoms with Crippen LogP contribution in [-0.2, 0) is 33.2 Å². The minimum Gasteiger partial charge on any atom is -0.394 e. The summed E-state index contributed by atoms with van der Waals surface area (Å²) in [6.45, 7) is 1.81. The van der Waals surface area contributed by atoms with Crippen LogP contribution >= 0.6 is 0 Å². The van der Waals surface area contributed by atoms with E-state index in [1.54, 1.807) is 6.08 Å². The Labute approximate surface area is 601 Å². The van der Waals surface area contributed by atoms with E-state index in [2.05, 4.69) is 19.2 Å². The van der Waals surface area contributed by atoms with E-state index in [1.165, 1.54) is 289 Å². The van der Waals surface area contributed by atoms with Crippen molar-refractivity contribution in [3.8, 4) is 0 Å². The molecule has 3 aliphatic heterocycles. The number of allylic oxidation sites excluding steroid dienone is 1. The molecule has 0 aromatic heterocycles. The van der Waals surface area contributed by atoms with Gasteiger partial charge in [0, 0.05) is 6.42 Å². The van der Waals surface area contributed by atoms with Gasteiger partial charge in [-0.05, 0) is 19.3 Å². The van der Waals surface area contributed by atoms with E-state index in [4.69, 9.17) is 28.4 Å². The molecule has 0 aromatic rings. The molecule has 3 rings (SSSR count). The summed E-state index contributed by atoms with van der Waals surface area (Å²) in [6, 6.07) is -0.970. The standard InChI is InChI=1S/C80H153NO18/c1-3-5-7-9-11-13-15-17-19-21-23-25-27-29-30-31-32-33-34-35-37-39-41-43-45-47-49-51-53-55-57-64(85)63(81-68(86)58-56-54-52-50-48-46-44-42-40-38-36-28-26-24-22-20-18-16-14-12-10-8-6-4-2)62-94-78-74(92)71(89)76(66(60-83)96-78)99-80-75(93)72(90)77(67(61-84)97-80)98-79-73(91)70(88)69(87)65(59-82)95-79/h55,57,63-67,69-80,82-85,87-93H,3-54,56,58-62H2,1-2H3,(H,81,86)/b57-55+. The third-order valence-corrected chi connectivity index (χ3v) is 21.1. The van der Waals surface area contributed by atoms with Crippen molar-refractivity contribution in [1.29, 1.82) is 0 Å². The van der Waals surface area contributed by atoms with Gasteiger partial charge in [-0.25, -0.2) is 0 Å². The van der Waals surface area contributed by atoms with Gasteiger partial charge in [0.25, 0.3) is 0 Å². The van der Waals surface area contributed by atoms with Crippen LogP contribution in [0.5, 0.6) is 0 Å². The van der Waals surface area contributed by atoms with Crippen molar-refractivity contribution in [2.45, 2.75) is 465 Å². The lowest BCUT2D eigenvalue weighted by molar-refractivity contribution is -0.379. The average molecular weight is 1420 g/mol. The molecule has 3 saturated heterocycles. The van der Waals surface area contributed by atoms with E-state index in [1.807, 2.05) is 6.08 Å². The van der Waals surface area contributed by atoms with Crippen LogP contribution < -0.4 is 5.32 Å². The van der Waals surface area contributed by atoms with Gasteiger partial charge < -0.3 is 89.9 Å². The quantitative estimate of drug-likeness (QED) is 0.0199. The fourth-order valence-electron chi connectivity index (χ4n) is 14.4. The van der Waals surface area contributed by atoms with E-state index in [-0.39, 0.29) is 18.9 Å². The largest absolute Gasteiger partial charge is 0.394 e.